The van der Waals surface area contributed by atoms with Gasteiger partial charge in [-0.1, -0.05) is 12.1 Å². The van der Waals surface area contributed by atoms with Gasteiger partial charge >= 0.3 is 0 Å². The zero-order valence-electron chi connectivity index (χ0n) is 12.7. The van der Waals surface area contributed by atoms with Gasteiger partial charge in [0.1, 0.15) is 0 Å². The van der Waals surface area contributed by atoms with Gasteiger partial charge in [-0.25, -0.2) is 0 Å². The number of non-ortho nitro benzene ring substituents is 1. The molecule has 0 spiro atoms. The largest absolute Gasteiger partial charge is 0.304 e. The van der Waals surface area contributed by atoms with Gasteiger partial charge in [-0.2, -0.15) is 0 Å². The summed E-state index contributed by atoms with van der Waals surface area (Å²) >= 11 is 0. The summed E-state index contributed by atoms with van der Waals surface area (Å²) in [5, 5.41) is 14.6. The molecule has 114 valence electrons. The summed E-state index contributed by atoms with van der Waals surface area (Å²) in [6.07, 6.45) is 4.54. The molecule has 1 aromatic carbocycles. The number of aromatic nitrogens is 1. The third kappa shape index (κ3) is 2.72. The van der Waals surface area contributed by atoms with Crippen molar-refractivity contribution in [1.82, 2.24) is 10.3 Å². The van der Waals surface area contributed by atoms with E-state index in [2.05, 4.69) is 24.1 Å². The second kappa shape index (κ2) is 5.50. The zero-order valence-corrected chi connectivity index (χ0v) is 12.7. The minimum Gasteiger partial charge on any atom is -0.304 e. The number of pyridine rings is 1. The van der Waals surface area contributed by atoms with Crippen LogP contribution in [0.4, 0.5) is 5.69 Å². The maximum atomic E-state index is 11.0. The number of hydrogen-bond acceptors (Lipinski definition) is 4. The molecule has 2 heterocycles. The van der Waals surface area contributed by atoms with Crippen molar-refractivity contribution in [2.24, 2.45) is 0 Å². The highest BCUT2D eigenvalue weighted by Gasteiger charge is 2.41. The fraction of sp³-hybridized carbons (Fsp3) is 0.353. The van der Waals surface area contributed by atoms with E-state index in [-0.39, 0.29) is 22.2 Å². The van der Waals surface area contributed by atoms with E-state index in [1.807, 2.05) is 30.6 Å². The van der Waals surface area contributed by atoms with E-state index in [0.29, 0.717) is 5.92 Å². The number of hydrogen-bond donors (Lipinski definition) is 1. The Kier molecular flexibility index (Phi) is 3.66. The number of benzene rings is 1. The summed E-state index contributed by atoms with van der Waals surface area (Å²) in [6, 6.07) is 11.1. The number of nitro groups is 1. The smallest absolute Gasteiger partial charge is 0.269 e. The molecule has 0 unspecified atom stereocenters. The van der Waals surface area contributed by atoms with Crippen LogP contribution in [0.15, 0.2) is 48.8 Å². The minimum absolute atomic E-state index is 0.0728. The van der Waals surface area contributed by atoms with E-state index in [4.69, 9.17) is 0 Å². The normalized spacial score (nSPS) is 23.4. The van der Waals surface area contributed by atoms with Gasteiger partial charge in [0.25, 0.3) is 5.69 Å². The Morgan fingerprint density at radius 1 is 1.23 bits per heavy atom. The van der Waals surface area contributed by atoms with Crippen molar-refractivity contribution in [3.63, 3.8) is 0 Å². The molecular formula is C17H19N3O2. The first-order chi connectivity index (χ1) is 10.5. The van der Waals surface area contributed by atoms with Crippen LogP contribution in [0, 0.1) is 10.1 Å². The van der Waals surface area contributed by atoms with Crippen LogP contribution in [0.5, 0.6) is 0 Å². The second-order valence-corrected chi connectivity index (χ2v) is 6.34. The lowest BCUT2D eigenvalue weighted by molar-refractivity contribution is -0.384. The predicted molar refractivity (Wildman–Crippen MR) is 84.6 cm³/mol. The van der Waals surface area contributed by atoms with Crippen molar-refractivity contribution < 1.29 is 4.92 Å². The Hall–Kier alpha value is -2.27. The molecule has 5 nitrogen and oxygen atoms in total. The van der Waals surface area contributed by atoms with Gasteiger partial charge in [0, 0.05) is 42.0 Å². The predicted octanol–water partition coefficient (Wildman–Crippen LogP) is 3.59. The summed E-state index contributed by atoms with van der Waals surface area (Å²) in [6.45, 7) is 4.35. The Labute approximate surface area is 129 Å². The Balaban J connectivity index is 1.89. The van der Waals surface area contributed by atoms with Crippen LogP contribution in [0.25, 0.3) is 0 Å². The molecular weight excluding hydrogens is 278 g/mol. The van der Waals surface area contributed by atoms with Crippen LogP contribution in [0.3, 0.4) is 0 Å². The van der Waals surface area contributed by atoms with E-state index in [1.54, 1.807) is 12.1 Å². The molecule has 0 aliphatic carbocycles. The highest BCUT2D eigenvalue weighted by atomic mass is 16.6. The number of nitro benzene ring substituents is 1. The fourth-order valence-corrected chi connectivity index (χ4v) is 3.36. The van der Waals surface area contributed by atoms with Gasteiger partial charge in [0.15, 0.2) is 0 Å². The monoisotopic (exact) mass is 297 g/mol. The Morgan fingerprint density at radius 3 is 2.64 bits per heavy atom. The Bertz CT molecular complexity index is 685. The molecule has 1 aliphatic heterocycles. The molecule has 2 atom stereocenters. The highest BCUT2D eigenvalue weighted by Crippen LogP contribution is 2.43. The van der Waals surface area contributed by atoms with Crippen molar-refractivity contribution in [1.29, 1.82) is 0 Å². The van der Waals surface area contributed by atoms with Crippen molar-refractivity contribution in [3.8, 4) is 0 Å². The zero-order chi connectivity index (χ0) is 15.7. The number of rotatable bonds is 3. The summed E-state index contributed by atoms with van der Waals surface area (Å²) < 4.78 is 0. The molecule has 22 heavy (non-hydrogen) atoms. The first-order valence-corrected chi connectivity index (χ1v) is 7.39. The SMILES string of the molecule is CC1(C)N[C@@H](c2cccc([N+](=O)[O-])c2)C[C@H]1c1ccncc1. The van der Waals surface area contributed by atoms with E-state index >= 15 is 0 Å². The lowest BCUT2D eigenvalue weighted by Gasteiger charge is -2.27. The molecule has 1 N–H and O–H groups in total. The van der Waals surface area contributed by atoms with Crippen molar-refractivity contribution in [3.05, 3.63) is 70.0 Å². The van der Waals surface area contributed by atoms with E-state index < -0.39 is 0 Å². The van der Waals surface area contributed by atoms with Crippen molar-refractivity contribution in [2.75, 3.05) is 0 Å². The van der Waals surface area contributed by atoms with Gasteiger partial charge in [-0.05, 0) is 43.5 Å². The van der Waals surface area contributed by atoms with Gasteiger partial charge in [-0.15, -0.1) is 0 Å². The quantitative estimate of drug-likeness (QED) is 0.694. The average Bonchev–Trinajstić information content (AvgIpc) is 2.84. The molecule has 1 fully saturated rings. The summed E-state index contributed by atoms with van der Waals surface area (Å²) in [5.74, 6) is 0.347. The van der Waals surface area contributed by atoms with Crippen LogP contribution in [0.2, 0.25) is 0 Å². The van der Waals surface area contributed by atoms with Gasteiger partial charge < -0.3 is 5.32 Å². The van der Waals surface area contributed by atoms with Gasteiger partial charge in [0.2, 0.25) is 0 Å². The molecule has 0 bridgehead atoms. The van der Waals surface area contributed by atoms with Gasteiger partial charge in [0.05, 0.1) is 4.92 Å². The first-order valence-electron chi connectivity index (χ1n) is 7.39. The third-order valence-electron chi connectivity index (χ3n) is 4.48. The third-order valence-corrected chi connectivity index (χ3v) is 4.48. The van der Waals surface area contributed by atoms with E-state index in [1.165, 1.54) is 11.6 Å². The molecule has 0 saturated carbocycles. The topological polar surface area (TPSA) is 68.1 Å². The second-order valence-electron chi connectivity index (χ2n) is 6.34. The highest BCUT2D eigenvalue weighted by molar-refractivity contribution is 5.37. The minimum atomic E-state index is -0.343. The van der Waals surface area contributed by atoms with Crippen LogP contribution in [-0.4, -0.2) is 15.4 Å². The molecule has 3 rings (SSSR count). The van der Waals surface area contributed by atoms with Crippen LogP contribution >= 0.6 is 0 Å². The molecule has 1 aliphatic rings. The standard InChI is InChI=1S/C17H19N3O2/c1-17(2)15(12-6-8-18-9-7-12)11-16(19-17)13-4-3-5-14(10-13)20(21)22/h3-10,15-16,19H,11H2,1-2H3/t15-,16+/m0/s1. The molecule has 0 amide bonds. The molecule has 2 aromatic rings. The maximum Gasteiger partial charge on any atom is 0.269 e. The van der Waals surface area contributed by atoms with Gasteiger partial charge in [-0.3, -0.25) is 15.1 Å². The summed E-state index contributed by atoms with van der Waals surface area (Å²) in [4.78, 5) is 14.7. The van der Waals surface area contributed by atoms with Crippen molar-refractivity contribution in [2.45, 2.75) is 37.8 Å². The number of nitrogens with zero attached hydrogens (tertiary/aromatic N) is 2. The summed E-state index contributed by atoms with van der Waals surface area (Å²) in [5.41, 5.74) is 2.29. The lowest BCUT2D eigenvalue weighted by atomic mass is 9.83. The maximum absolute atomic E-state index is 11.0. The van der Waals surface area contributed by atoms with Crippen molar-refractivity contribution >= 4 is 5.69 Å². The average molecular weight is 297 g/mol. The fourth-order valence-electron chi connectivity index (χ4n) is 3.36. The molecule has 0 radical (unpaired) electrons. The molecule has 1 saturated heterocycles. The van der Waals surface area contributed by atoms with E-state index in [9.17, 15) is 10.1 Å². The van der Waals surface area contributed by atoms with Crippen LogP contribution < -0.4 is 5.32 Å². The molecule has 1 aromatic heterocycles. The molecule has 5 heteroatoms. The summed E-state index contributed by atoms with van der Waals surface area (Å²) in [7, 11) is 0. The van der Waals surface area contributed by atoms with Crippen LogP contribution in [-0.2, 0) is 0 Å². The van der Waals surface area contributed by atoms with E-state index in [0.717, 1.165) is 12.0 Å². The van der Waals surface area contributed by atoms with Crippen LogP contribution in [0.1, 0.15) is 43.4 Å². The first kappa shape index (κ1) is 14.7. The number of nitrogens with one attached hydrogen (secondary N) is 1. The Morgan fingerprint density at radius 2 is 1.95 bits per heavy atom. The lowest BCUT2D eigenvalue weighted by Crippen LogP contribution is -2.37.